The van der Waals surface area contributed by atoms with Crippen LogP contribution in [0, 0.1) is 0 Å². The van der Waals surface area contributed by atoms with Crippen molar-refractivity contribution in [2.45, 2.75) is 0 Å². The Labute approximate surface area is 122 Å². The average molecular weight is 281 g/mol. The van der Waals surface area contributed by atoms with Crippen LogP contribution < -0.4 is 5.73 Å². The van der Waals surface area contributed by atoms with Crippen LogP contribution in [0.4, 0.5) is 0 Å². The number of amides is 1. The number of esters is 1. The first-order chi connectivity index (χ1) is 10.1. The van der Waals surface area contributed by atoms with Crippen LogP contribution >= 0.6 is 0 Å². The summed E-state index contributed by atoms with van der Waals surface area (Å²) in [7, 11) is 1.35. The van der Waals surface area contributed by atoms with Gasteiger partial charge in [0.25, 0.3) is 0 Å². The lowest BCUT2D eigenvalue weighted by molar-refractivity contribution is -0.113. The summed E-state index contributed by atoms with van der Waals surface area (Å²) in [5.41, 5.74) is 8.21. The standard InChI is InChI=1S/C17H15NO3/c1-21-17(20)14-7-4-6-13(11-14)15-8-3-2-5-12(15)9-10-16(18)19/h2-11H,1H3,(H2,18,19)/b10-9-. The normalized spacial score (nSPS) is 10.5. The number of carbonyl (C=O) groups is 2. The van der Waals surface area contributed by atoms with E-state index in [-0.39, 0.29) is 5.97 Å². The Balaban J connectivity index is 2.47. The minimum absolute atomic E-state index is 0.387. The van der Waals surface area contributed by atoms with Crippen LogP contribution in [-0.2, 0) is 9.53 Å². The topological polar surface area (TPSA) is 69.4 Å². The fourth-order valence-corrected chi connectivity index (χ4v) is 2.01. The van der Waals surface area contributed by atoms with Crippen molar-refractivity contribution in [2.75, 3.05) is 7.11 Å². The van der Waals surface area contributed by atoms with Crippen LogP contribution in [0.5, 0.6) is 0 Å². The maximum absolute atomic E-state index is 11.6. The van der Waals surface area contributed by atoms with Gasteiger partial charge >= 0.3 is 5.97 Å². The molecule has 2 rings (SSSR count). The minimum atomic E-state index is -0.506. The summed E-state index contributed by atoms with van der Waals surface area (Å²) in [6, 6.07) is 14.7. The molecule has 106 valence electrons. The molecule has 0 aliphatic rings. The number of hydrogen-bond donors (Lipinski definition) is 1. The van der Waals surface area contributed by atoms with E-state index in [4.69, 9.17) is 10.5 Å². The molecule has 4 nitrogen and oxygen atoms in total. The van der Waals surface area contributed by atoms with Crippen molar-refractivity contribution >= 4 is 18.0 Å². The molecule has 0 radical (unpaired) electrons. The summed E-state index contributed by atoms with van der Waals surface area (Å²) >= 11 is 0. The van der Waals surface area contributed by atoms with E-state index in [0.717, 1.165) is 16.7 Å². The van der Waals surface area contributed by atoms with Gasteiger partial charge in [0.2, 0.25) is 5.91 Å². The lowest BCUT2D eigenvalue weighted by atomic mass is 9.98. The van der Waals surface area contributed by atoms with E-state index in [1.165, 1.54) is 13.2 Å². The highest BCUT2D eigenvalue weighted by molar-refractivity contribution is 5.93. The predicted octanol–water partition coefficient (Wildman–Crippen LogP) is 2.64. The number of primary amides is 1. The number of hydrogen-bond acceptors (Lipinski definition) is 3. The maximum Gasteiger partial charge on any atom is 0.337 e. The molecule has 0 fully saturated rings. The highest BCUT2D eigenvalue weighted by atomic mass is 16.5. The number of rotatable bonds is 4. The SMILES string of the molecule is COC(=O)c1cccc(-c2ccccc2/C=C\C(N)=O)c1. The van der Waals surface area contributed by atoms with Crippen molar-refractivity contribution < 1.29 is 14.3 Å². The molecule has 0 saturated heterocycles. The monoisotopic (exact) mass is 281 g/mol. The van der Waals surface area contributed by atoms with Crippen LogP contribution in [0.15, 0.2) is 54.6 Å². The summed E-state index contributed by atoms with van der Waals surface area (Å²) in [5.74, 6) is -0.893. The first-order valence-corrected chi connectivity index (χ1v) is 6.37. The third kappa shape index (κ3) is 3.57. The zero-order chi connectivity index (χ0) is 15.2. The number of methoxy groups -OCH3 is 1. The van der Waals surface area contributed by atoms with E-state index in [1.54, 1.807) is 24.3 Å². The fraction of sp³-hybridized carbons (Fsp3) is 0.0588. The highest BCUT2D eigenvalue weighted by Crippen LogP contribution is 2.25. The molecule has 0 unspecified atom stereocenters. The molecule has 2 aromatic carbocycles. The summed E-state index contributed by atoms with van der Waals surface area (Å²) in [6.07, 6.45) is 2.96. The lowest BCUT2D eigenvalue weighted by Gasteiger charge is -2.08. The second kappa shape index (κ2) is 6.52. The molecule has 0 heterocycles. The average Bonchev–Trinajstić information content (AvgIpc) is 2.52. The van der Waals surface area contributed by atoms with Crippen molar-refractivity contribution in [3.05, 3.63) is 65.7 Å². The van der Waals surface area contributed by atoms with Gasteiger partial charge in [-0.25, -0.2) is 4.79 Å². The van der Waals surface area contributed by atoms with Crippen LogP contribution in [0.25, 0.3) is 17.2 Å². The lowest BCUT2D eigenvalue weighted by Crippen LogP contribution is -2.05. The van der Waals surface area contributed by atoms with Gasteiger partial charge in [0, 0.05) is 6.08 Å². The van der Waals surface area contributed by atoms with E-state index in [9.17, 15) is 9.59 Å². The molecule has 0 atom stereocenters. The number of benzene rings is 2. The van der Waals surface area contributed by atoms with Crippen LogP contribution in [0.2, 0.25) is 0 Å². The smallest absolute Gasteiger partial charge is 0.337 e. The molecule has 0 aromatic heterocycles. The molecular formula is C17H15NO3. The van der Waals surface area contributed by atoms with Crippen molar-refractivity contribution in [3.63, 3.8) is 0 Å². The van der Waals surface area contributed by atoms with Crippen LogP contribution in [-0.4, -0.2) is 19.0 Å². The Bertz CT molecular complexity index is 705. The third-order valence-corrected chi connectivity index (χ3v) is 2.98. The predicted molar refractivity (Wildman–Crippen MR) is 81.4 cm³/mol. The number of ether oxygens (including phenoxy) is 1. The molecule has 1 amide bonds. The van der Waals surface area contributed by atoms with E-state index in [2.05, 4.69) is 0 Å². The van der Waals surface area contributed by atoms with Gasteiger partial charge in [-0.3, -0.25) is 4.79 Å². The molecule has 0 saturated carbocycles. The minimum Gasteiger partial charge on any atom is -0.465 e. The van der Waals surface area contributed by atoms with Gasteiger partial charge in [-0.05, 0) is 34.9 Å². The summed E-state index contributed by atoms with van der Waals surface area (Å²) in [4.78, 5) is 22.5. The first kappa shape index (κ1) is 14.5. The van der Waals surface area contributed by atoms with E-state index >= 15 is 0 Å². The van der Waals surface area contributed by atoms with E-state index < -0.39 is 5.91 Å². The van der Waals surface area contributed by atoms with E-state index in [0.29, 0.717) is 5.56 Å². The zero-order valence-corrected chi connectivity index (χ0v) is 11.6. The number of carbonyl (C=O) groups excluding carboxylic acids is 2. The van der Waals surface area contributed by atoms with Gasteiger partial charge in [0.1, 0.15) is 0 Å². The Morgan fingerprint density at radius 3 is 2.57 bits per heavy atom. The van der Waals surface area contributed by atoms with Gasteiger partial charge in [-0.2, -0.15) is 0 Å². The summed E-state index contributed by atoms with van der Waals surface area (Å²) in [6.45, 7) is 0. The van der Waals surface area contributed by atoms with Crippen LogP contribution in [0.1, 0.15) is 15.9 Å². The molecule has 21 heavy (non-hydrogen) atoms. The first-order valence-electron chi connectivity index (χ1n) is 6.37. The molecule has 0 bridgehead atoms. The molecule has 0 aliphatic heterocycles. The number of nitrogens with two attached hydrogens (primary N) is 1. The highest BCUT2D eigenvalue weighted by Gasteiger charge is 2.08. The third-order valence-electron chi connectivity index (χ3n) is 2.98. The van der Waals surface area contributed by atoms with Crippen molar-refractivity contribution in [1.82, 2.24) is 0 Å². The molecule has 2 aromatic rings. The molecule has 4 heteroatoms. The van der Waals surface area contributed by atoms with Gasteiger partial charge < -0.3 is 10.5 Å². The second-order valence-electron chi connectivity index (χ2n) is 4.40. The molecule has 2 N–H and O–H groups in total. The largest absolute Gasteiger partial charge is 0.465 e. The molecular weight excluding hydrogens is 266 g/mol. The Hall–Kier alpha value is -2.88. The van der Waals surface area contributed by atoms with Crippen molar-refractivity contribution in [2.24, 2.45) is 5.73 Å². The van der Waals surface area contributed by atoms with Gasteiger partial charge in [0.05, 0.1) is 12.7 Å². The maximum atomic E-state index is 11.6. The van der Waals surface area contributed by atoms with Crippen molar-refractivity contribution in [3.8, 4) is 11.1 Å². The summed E-state index contributed by atoms with van der Waals surface area (Å²) in [5, 5.41) is 0. The quantitative estimate of drug-likeness (QED) is 0.692. The Morgan fingerprint density at radius 2 is 1.86 bits per heavy atom. The van der Waals surface area contributed by atoms with E-state index in [1.807, 2.05) is 30.3 Å². The summed E-state index contributed by atoms with van der Waals surface area (Å²) < 4.78 is 4.72. The van der Waals surface area contributed by atoms with Gasteiger partial charge in [-0.15, -0.1) is 0 Å². The molecule has 0 aliphatic carbocycles. The van der Waals surface area contributed by atoms with Gasteiger partial charge in [0.15, 0.2) is 0 Å². The van der Waals surface area contributed by atoms with Crippen molar-refractivity contribution in [1.29, 1.82) is 0 Å². The Kier molecular flexibility index (Phi) is 4.51. The Morgan fingerprint density at radius 1 is 1.10 bits per heavy atom. The fourth-order valence-electron chi connectivity index (χ4n) is 2.01. The van der Waals surface area contributed by atoms with Crippen LogP contribution in [0.3, 0.4) is 0 Å². The second-order valence-corrected chi connectivity index (χ2v) is 4.40. The zero-order valence-electron chi connectivity index (χ0n) is 11.6. The van der Waals surface area contributed by atoms with Gasteiger partial charge in [-0.1, -0.05) is 36.4 Å². The molecule has 0 spiro atoms.